The highest BCUT2D eigenvalue weighted by molar-refractivity contribution is 6.09. The predicted octanol–water partition coefficient (Wildman–Crippen LogP) is 3.69. The van der Waals surface area contributed by atoms with Crippen molar-refractivity contribution in [3.63, 3.8) is 0 Å². The van der Waals surface area contributed by atoms with Gasteiger partial charge in [0, 0.05) is 42.3 Å². The number of benzene rings is 2. The average Bonchev–Trinajstić information content (AvgIpc) is 3.28. The topological polar surface area (TPSA) is 88.5 Å². The number of ketones is 1. The van der Waals surface area contributed by atoms with Crippen LogP contribution in [-0.2, 0) is 22.6 Å². The van der Waals surface area contributed by atoms with Gasteiger partial charge >= 0.3 is 0 Å². The highest BCUT2D eigenvalue weighted by atomic mass is 19.1. The number of amides is 2. The van der Waals surface area contributed by atoms with Crippen LogP contribution in [0.2, 0.25) is 0 Å². The molecule has 10 heteroatoms. The van der Waals surface area contributed by atoms with Crippen molar-refractivity contribution in [2.24, 2.45) is 0 Å². The summed E-state index contributed by atoms with van der Waals surface area (Å²) in [6.45, 7) is 1.46. The Labute approximate surface area is 216 Å². The monoisotopic (exact) mass is 523 g/mol. The molecule has 0 spiro atoms. The first-order valence-electron chi connectivity index (χ1n) is 11.9. The highest BCUT2D eigenvalue weighted by Gasteiger charge is 2.23. The summed E-state index contributed by atoms with van der Waals surface area (Å²) in [5.74, 6) is -3.93. The number of aromatic nitrogens is 1. The zero-order valence-corrected chi connectivity index (χ0v) is 20.5. The minimum absolute atomic E-state index is 0.0553. The molecule has 1 saturated heterocycles. The van der Waals surface area contributed by atoms with E-state index in [1.165, 1.54) is 43.5 Å². The van der Waals surface area contributed by atoms with E-state index in [4.69, 9.17) is 0 Å². The maximum Gasteiger partial charge on any atom is 0.265 e. The molecule has 2 amide bonds. The third-order valence-corrected chi connectivity index (χ3v) is 6.16. The van der Waals surface area contributed by atoms with Crippen molar-refractivity contribution in [2.45, 2.75) is 32.7 Å². The van der Waals surface area contributed by atoms with Gasteiger partial charge in [0.2, 0.25) is 5.91 Å². The van der Waals surface area contributed by atoms with Gasteiger partial charge in [-0.2, -0.15) is 0 Å². The summed E-state index contributed by atoms with van der Waals surface area (Å²) >= 11 is 0. The molecule has 38 heavy (non-hydrogen) atoms. The van der Waals surface area contributed by atoms with Crippen LogP contribution in [0.25, 0.3) is 0 Å². The lowest BCUT2D eigenvalue weighted by Gasteiger charge is -2.16. The number of allylic oxidation sites excluding steroid dienone is 1. The van der Waals surface area contributed by atoms with E-state index in [1.807, 2.05) is 0 Å². The number of hydrazine groups is 1. The van der Waals surface area contributed by atoms with Crippen LogP contribution < -0.4 is 11.0 Å². The molecule has 0 unspecified atom stereocenters. The van der Waals surface area contributed by atoms with Crippen molar-refractivity contribution in [1.82, 2.24) is 15.0 Å². The molecule has 0 saturated carbocycles. The number of nitrogens with one attached hydrogen (secondary N) is 1. The van der Waals surface area contributed by atoms with Crippen molar-refractivity contribution in [2.75, 3.05) is 6.54 Å². The first-order valence-corrected chi connectivity index (χ1v) is 11.9. The van der Waals surface area contributed by atoms with Crippen molar-refractivity contribution in [1.29, 1.82) is 0 Å². The van der Waals surface area contributed by atoms with Crippen LogP contribution in [0.1, 0.15) is 46.8 Å². The van der Waals surface area contributed by atoms with Gasteiger partial charge in [0.25, 0.3) is 11.5 Å². The van der Waals surface area contributed by atoms with E-state index < -0.39 is 34.7 Å². The van der Waals surface area contributed by atoms with E-state index in [1.54, 1.807) is 6.07 Å². The first kappa shape index (κ1) is 26.6. The zero-order chi connectivity index (χ0) is 27.4. The molecule has 7 nitrogen and oxygen atoms in total. The van der Waals surface area contributed by atoms with Gasteiger partial charge in [-0.1, -0.05) is 24.3 Å². The normalized spacial score (nSPS) is 13.6. The molecule has 1 fully saturated rings. The van der Waals surface area contributed by atoms with E-state index in [2.05, 4.69) is 5.43 Å². The molecule has 2 heterocycles. The fourth-order valence-electron chi connectivity index (χ4n) is 4.12. The molecule has 3 aromatic rings. The molecule has 4 rings (SSSR count). The molecule has 2 aromatic carbocycles. The Morgan fingerprint density at radius 3 is 2.34 bits per heavy atom. The van der Waals surface area contributed by atoms with Gasteiger partial charge in [-0.25, -0.2) is 13.2 Å². The molecule has 0 atom stereocenters. The summed E-state index contributed by atoms with van der Waals surface area (Å²) in [6, 6.07) is 10.4. The second kappa shape index (κ2) is 11.3. The van der Waals surface area contributed by atoms with Crippen LogP contribution >= 0.6 is 0 Å². The quantitative estimate of drug-likeness (QED) is 0.361. The number of rotatable bonds is 8. The lowest BCUT2D eigenvalue weighted by molar-refractivity contribution is -0.136. The summed E-state index contributed by atoms with van der Waals surface area (Å²) in [5, 5.41) is 1.16. The molecular formula is C28H24F3N3O4. The fraction of sp³-hybridized carbons (Fsp3) is 0.214. The van der Waals surface area contributed by atoms with Gasteiger partial charge in [-0.3, -0.25) is 29.6 Å². The van der Waals surface area contributed by atoms with Gasteiger partial charge in [0.05, 0.1) is 12.1 Å². The van der Waals surface area contributed by atoms with Crippen LogP contribution in [0, 0.1) is 17.5 Å². The molecule has 1 aliphatic rings. The zero-order valence-electron chi connectivity index (χ0n) is 20.5. The molecular weight excluding hydrogens is 499 g/mol. The fourth-order valence-corrected chi connectivity index (χ4v) is 4.12. The van der Waals surface area contributed by atoms with Crippen LogP contribution in [0.5, 0.6) is 0 Å². The smallest absolute Gasteiger partial charge is 0.265 e. The Morgan fingerprint density at radius 2 is 1.68 bits per heavy atom. The SMILES string of the molecule is CC(=CC(=O)c1cc(Cc2c(F)cccc2F)cn(Cc2ccccc2F)c1=O)C(=O)NN1CCCC1=O. The maximum atomic E-state index is 14.3. The molecule has 0 bridgehead atoms. The molecule has 0 aliphatic carbocycles. The molecule has 196 valence electrons. The summed E-state index contributed by atoms with van der Waals surface area (Å²) < 4.78 is 44.0. The third kappa shape index (κ3) is 5.91. The second-order valence-corrected chi connectivity index (χ2v) is 8.94. The molecule has 1 N–H and O–H groups in total. The first-order chi connectivity index (χ1) is 18.1. The van der Waals surface area contributed by atoms with Crippen LogP contribution in [-0.4, -0.2) is 33.7 Å². The lowest BCUT2D eigenvalue weighted by atomic mass is 10.0. The van der Waals surface area contributed by atoms with Gasteiger partial charge in [0.1, 0.15) is 17.5 Å². The van der Waals surface area contributed by atoms with Gasteiger partial charge in [-0.15, -0.1) is 0 Å². The Bertz CT molecular complexity index is 1490. The van der Waals surface area contributed by atoms with Crippen molar-refractivity contribution in [3.8, 4) is 0 Å². The molecule has 1 aliphatic heterocycles. The lowest BCUT2D eigenvalue weighted by Crippen LogP contribution is -2.43. The summed E-state index contributed by atoms with van der Waals surface area (Å²) in [4.78, 5) is 50.6. The minimum atomic E-state index is -0.825. The summed E-state index contributed by atoms with van der Waals surface area (Å²) in [5.41, 5.74) is 1.38. The Hall–Kier alpha value is -4.47. The number of nitrogens with zero attached hydrogens (tertiary/aromatic N) is 2. The predicted molar refractivity (Wildman–Crippen MR) is 133 cm³/mol. The maximum absolute atomic E-state index is 14.3. The number of pyridine rings is 1. The number of carbonyl (C=O) groups is 3. The van der Waals surface area contributed by atoms with E-state index in [0.717, 1.165) is 27.8 Å². The van der Waals surface area contributed by atoms with Crippen molar-refractivity contribution >= 4 is 17.6 Å². The van der Waals surface area contributed by atoms with Crippen LogP contribution in [0.4, 0.5) is 13.2 Å². The minimum Gasteiger partial charge on any atom is -0.310 e. The Morgan fingerprint density at radius 1 is 1.00 bits per heavy atom. The van der Waals surface area contributed by atoms with Crippen LogP contribution in [0.15, 0.2) is 71.2 Å². The number of hydrogen-bond donors (Lipinski definition) is 1. The summed E-state index contributed by atoms with van der Waals surface area (Å²) in [6.07, 6.45) is 2.89. The Kier molecular flexibility index (Phi) is 7.90. The number of halogens is 3. The van der Waals surface area contributed by atoms with Gasteiger partial charge < -0.3 is 4.57 Å². The third-order valence-electron chi connectivity index (χ3n) is 6.16. The number of hydrogen-bond acceptors (Lipinski definition) is 4. The standard InChI is InChI=1S/C28H24F3N3O4/c1-17(27(37)32-34-11-5-10-26(34)36)12-25(35)21-14-18(13-20-23(30)8-4-9-24(20)31)15-33(28(21)38)16-19-6-2-3-7-22(19)29/h2-4,6-9,12,14-15H,5,10-11,13,16H2,1H3,(H,32,37). The number of carbonyl (C=O) groups excluding carboxylic acids is 3. The largest absolute Gasteiger partial charge is 0.310 e. The van der Waals surface area contributed by atoms with E-state index in [9.17, 15) is 32.3 Å². The van der Waals surface area contributed by atoms with E-state index in [-0.39, 0.29) is 46.7 Å². The second-order valence-electron chi connectivity index (χ2n) is 8.94. The van der Waals surface area contributed by atoms with E-state index >= 15 is 0 Å². The van der Waals surface area contributed by atoms with Crippen LogP contribution in [0.3, 0.4) is 0 Å². The van der Waals surface area contributed by atoms with Gasteiger partial charge in [-0.05, 0) is 49.2 Å². The average molecular weight is 524 g/mol. The van der Waals surface area contributed by atoms with Gasteiger partial charge in [0.15, 0.2) is 5.78 Å². The van der Waals surface area contributed by atoms with Crippen molar-refractivity contribution in [3.05, 3.63) is 116 Å². The highest BCUT2D eigenvalue weighted by Crippen LogP contribution is 2.18. The van der Waals surface area contributed by atoms with E-state index in [0.29, 0.717) is 19.4 Å². The Balaban J connectivity index is 1.70. The summed E-state index contributed by atoms with van der Waals surface area (Å²) in [7, 11) is 0. The van der Waals surface area contributed by atoms with Crippen molar-refractivity contribution < 1.29 is 27.6 Å². The molecule has 1 aromatic heterocycles. The molecule has 0 radical (unpaired) electrons.